The Bertz CT molecular complexity index is 991. The molecule has 8 heteroatoms. The lowest BCUT2D eigenvalue weighted by Gasteiger charge is -2.42. The van der Waals surface area contributed by atoms with Crippen molar-refractivity contribution in [3.63, 3.8) is 0 Å². The van der Waals surface area contributed by atoms with Crippen LogP contribution in [0.25, 0.3) is 0 Å². The molecule has 0 aromatic rings. The Morgan fingerprint density at radius 3 is 1.52 bits per heavy atom. The SMILES string of the molecule is CC.CC(=O)NC(C)(C)CCC(C)(C)C.CC(=O)NC1(C)CCC(C(C)(C)C)CC1.CC(=O)NC1CCC(C)CC1.CCC(C)CCCNC(C)=O.CCCC. The van der Waals surface area contributed by atoms with E-state index in [9.17, 15) is 19.2 Å². The fourth-order valence-corrected chi connectivity index (χ4v) is 6.51. The summed E-state index contributed by atoms with van der Waals surface area (Å²) in [5, 5.41) is 11.8. The molecule has 4 amide bonds. The average molecular weight is 797 g/mol. The van der Waals surface area contributed by atoms with Gasteiger partial charge in [-0.1, -0.05) is 109 Å². The smallest absolute Gasteiger partial charge is 0.217 e. The average Bonchev–Trinajstić information content (AvgIpc) is 3.07. The van der Waals surface area contributed by atoms with E-state index < -0.39 is 0 Å². The fraction of sp³-hybridized carbons (Fsp3) is 0.917. The third-order valence-electron chi connectivity index (χ3n) is 10.7. The number of nitrogens with one attached hydrogen (secondary N) is 4. The lowest BCUT2D eigenvalue weighted by molar-refractivity contribution is -0.122. The minimum atomic E-state index is -0.0703. The summed E-state index contributed by atoms with van der Waals surface area (Å²) in [6.45, 7) is 42.2. The van der Waals surface area contributed by atoms with E-state index >= 15 is 0 Å². The highest BCUT2D eigenvalue weighted by molar-refractivity contribution is 5.74. The Labute approximate surface area is 350 Å². The van der Waals surface area contributed by atoms with Crippen molar-refractivity contribution in [1.29, 1.82) is 0 Å². The first-order chi connectivity index (χ1) is 25.6. The maximum Gasteiger partial charge on any atom is 0.217 e. The van der Waals surface area contributed by atoms with Gasteiger partial charge >= 0.3 is 0 Å². The molecule has 8 nitrogen and oxygen atoms in total. The molecule has 2 saturated carbocycles. The first kappa shape index (κ1) is 60.6. The van der Waals surface area contributed by atoms with Crippen molar-refractivity contribution >= 4 is 23.6 Å². The summed E-state index contributed by atoms with van der Waals surface area (Å²) >= 11 is 0. The molecule has 0 aromatic heterocycles. The van der Waals surface area contributed by atoms with Crippen molar-refractivity contribution in [2.75, 3.05) is 6.54 Å². The van der Waals surface area contributed by atoms with Crippen LogP contribution in [0.2, 0.25) is 0 Å². The van der Waals surface area contributed by atoms with Crippen molar-refractivity contribution in [2.24, 2.45) is 28.6 Å². The van der Waals surface area contributed by atoms with Crippen LogP contribution in [0.15, 0.2) is 0 Å². The largest absolute Gasteiger partial charge is 0.356 e. The van der Waals surface area contributed by atoms with Crippen molar-refractivity contribution < 1.29 is 19.2 Å². The van der Waals surface area contributed by atoms with Crippen LogP contribution < -0.4 is 21.3 Å². The molecule has 0 spiro atoms. The highest BCUT2D eigenvalue weighted by atomic mass is 16.2. The van der Waals surface area contributed by atoms with Crippen LogP contribution in [0.1, 0.15) is 235 Å². The van der Waals surface area contributed by atoms with Crippen LogP contribution in [-0.4, -0.2) is 47.3 Å². The first-order valence-electron chi connectivity index (χ1n) is 22.7. The van der Waals surface area contributed by atoms with Gasteiger partial charge in [-0.2, -0.15) is 0 Å². The number of unbranched alkanes of at least 4 members (excludes halogenated alkanes) is 1. The third kappa shape index (κ3) is 41.5. The summed E-state index contributed by atoms with van der Waals surface area (Å²) in [5.74, 6) is 2.81. The molecule has 0 aromatic carbocycles. The zero-order chi connectivity index (χ0) is 44.8. The van der Waals surface area contributed by atoms with E-state index in [4.69, 9.17) is 0 Å². The molecule has 1 unspecified atom stereocenters. The lowest BCUT2D eigenvalue weighted by Crippen LogP contribution is -2.48. The normalized spacial score (nSPS) is 21.0. The first-order valence-corrected chi connectivity index (χ1v) is 22.7. The fourth-order valence-electron chi connectivity index (χ4n) is 6.51. The summed E-state index contributed by atoms with van der Waals surface area (Å²) in [7, 11) is 0. The van der Waals surface area contributed by atoms with Gasteiger partial charge in [-0.05, 0) is 126 Å². The topological polar surface area (TPSA) is 116 Å². The van der Waals surface area contributed by atoms with E-state index in [2.05, 4.69) is 118 Å². The Balaban J connectivity index is -0.000000309. The van der Waals surface area contributed by atoms with Crippen LogP contribution in [-0.2, 0) is 19.2 Å². The van der Waals surface area contributed by atoms with E-state index in [1.165, 1.54) is 64.2 Å². The molecule has 0 radical (unpaired) electrons. The minimum Gasteiger partial charge on any atom is -0.356 e. The third-order valence-corrected chi connectivity index (χ3v) is 10.7. The molecule has 2 rings (SSSR count). The molecule has 336 valence electrons. The van der Waals surface area contributed by atoms with Gasteiger partial charge < -0.3 is 21.3 Å². The number of carbonyl (C=O) groups excluding carboxylic acids is 4. The molecule has 4 N–H and O–H groups in total. The number of amides is 4. The van der Waals surface area contributed by atoms with Crippen molar-refractivity contribution in [1.82, 2.24) is 21.3 Å². The number of rotatable bonds is 11. The zero-order valence-corrected chi connectivity index (χ0v) is 41.3. The summed E-state index contributed by atoms with van der Waals surface area (Å²) < 4.78 is 0. The molecule has 2 aliphatic carbocycles. The van der Waals surface area contributed by atoms with E-state index in [1.54, 1.807) is 27.7 Å². The van der Waals surface area contributed by atoms with Crippen molar-refractivity contribution in [3.05, 3.63) is 0 Å². The summed E-state index contributed by atoms with van der Waals surface area (Å²) in [4.78, 5) is 43.1. The molecule has 0 saturated heterocycles. The van der Waals surface area contributed by atoms with Gasteiger partial charge in [0.2, 0.25) is 23.6 Å². The minimum absolute atomic E-state index is 0.0492. The maximum atomic E-state index is 11.1. The quantitative estimate of drug-likeness (QED) is 0.156. The molecular formula is C48H100N4O4. The second kappa shape index (κ2) is 32.8. The molecular weight excluding hydrogens is 697 g/mol. The van der Waals surface area contributed by atoms with Gasteiger partial charge in [0.05, 0.1) is 0 Å². The monoisotopic (exact) mass is 797 g/mol. The molecule has 1 atom stereocenters. The van der Waals surface area contributed by atoms with Gasteiger partial charge in [0.1, 0.15) is 0 Å². The standard InChI is InChI=1S/C13H25NO.C11H23NO.C9H17NO.C9H19NO.C4H10.C2H6/c1-10(15)14-13(5)8-6-11(7-9-13)12(2,3)4;1-9(13)12-11(5,6)8-7-10(2,3)4;1-7-3-5-9(6-4-7)10-8(2)11;1-4-8(2)6-5-7-10-9(3)11;1-3-4-2;1-2/h11H,6-9H2,1-5H3,(H,14,15);7-8H2,1-6H3,(H,12,13);7,9H,3-6H2,1-2H3,(H,10,11);8H,4-7H2,1-3H3,(H,10,11);3-4H2,1-2H3;1-2H3. The van der Waals surface area contributed by atoms with Crippen LogP contribution in [0, 0.1) is 28.6 Å². The molecule has 0 heterocycles. The van der Waals surface area contributed by atoms with Crippen LogP contribution in [0.3, 0.4) is 0 Å². The van der Waals surface area contributed by atoms with Crippen molar-refractivity contribution in [3.8, 4) is 0 Å². The van der Waals surface area contributed by atoms with Crippen LogP contribution in [0.4, 0.5) is 0 Å². The summed E-state index contributed by atoms with van der Waals surface area (Å²) in [6.07, 6.45) is 17.9. The van der Waals surface area contributed by atoms with Crippen LogP contribution in [0.5, 0.6) is 0 Å². The van der Waals surface area contributed by atoms with Gasteiger partial charge in [0.15, 0.2) is 0 Å². The van der Waals surface area contributed by atoms with E-state index in [0.29, 0.717) is 16.9 Å². The van der Waals surface area contributed by atoms with Gasteiger partial charge in [-0.15, -0.1) is 0 Å². The summed E-state index contributed by atoms with van der Waals surface area (Å²) in [6, 6.07) is 0.462. The number of carbonyl (C=O) groups is 4. The van der Waals surface area contributed by atoms with Crippen molar-refractivity contribution in [2.45, 2.75) is 252 Å². The molecule has 0 aliphatic heterocycles. The Kier molecular flexibility index (Phi) is 35.5. The van der Waals surface area contributed by atoms with Gasteiger partial charge in [0.25, 0.3) is 0 Å². The Morgan fingerprint density at radius 2 is 1.18 bits per heavy atom. The predicted molar refractivity (Wildman–Crippen MR) is 245 cm³/mol. The maximum absolute atomic E-state index is 11.1. The van der Waals surface area contributed by atoms with Gasteiger partial charge in [0, 0.05) is 51.4 Å². The Morgan fingerprint density at radius 1 is 0.696 bits per heavy atom. The molecule has 2 fully saturated rings. The summed E-state index contributed by atoms with van der Waals surface area (Å²) in [5.41, 5.74) is 0.736. The van der Waals surface area contributed by atoms with Crippen LogP contribution >= 0.6 is 0 Å². The van der Waals surface area contributed by atoms with E-state index in [-0.39, 0.29) is 34.7 Å². The lowest BCUT2D eigenvalue weighted by atomic mass is 9.68. The molecule has 0 bridgehead atoms. The van der Waals surface area contributed by atoms with E-state index in [0.717, 1.165) is 56.4 Å². The molecule has 56 heavy (non-hydrogen) atoms. The second-order valence-electron chi connectivity index (χ2n) is 19.8. The predicted octanol–water partition coefficient (Wildman–Crippen LogP) is 12.3. The second-order valence-corrected chi connectivity index (χ2v) is 19.8. The highest BCUT2D eigenvalue weighted by Gasteiger charge is 2.36. The number of hydrogen-bond donors (Lipinski definition) is 4. The van der Waals surface area contributed by atoms with E-state index in [1.807, 2.05) is 13.8 Å². The zero-order valence-electron chi connectivity index (χ0n) is 41.3. The van der Waals surface area contributed by atoms with Gasteiger partial charge in [-0.25, -0.2) is 0 Å². The highest BCUT2D eigenvalue weighted by Crippen LogP contribution is 2.41. The van der Waals surface area contributed by atoms with Gasteiger partial charge in [-0.3, -0.25) is 19.2 Å². The number of hydrogen-bond acceptors (Lipinski definition) is 4. The Hall–Kier alpha value is -2.12. The molecule has 2 aliphatic rings.